The van der Waals surface area contributed by atoms with E-state index in [0.717, 1.165) is 22.0 Å². The number of benzene rings is 3. The van der Waals surface area contributed by atoms with E-state index in [4.69, 9.17) is 21.3 Å². The van der Waals surface area contributed by atoms with Crippen LogP contribution in [0.4, 0.5) is 5.69 Å². The predicted octanol–water partition coefficient (Wildman–Crippen LogP) is 6.69. The average Bonchev–Trinajstić information content (AvgIpc) is 3.05. The molecular formula is C24H18ClNO3S. The fraction of sp³-hybridized carbons (Fsp3) is 0.0833. The molecule has 0 spiro atoms. The molecule has 1 heterocycles. The van der Waals surface area contributed by atoms with E-state index < -0.39 is 5.97 Å². The molecule has 150 valence electrons. The lowest BCUT2D eigenvalue weighted by molar-refractivity contribution is -0.138. The molecule has 0 unspecified atom stereocenters. The Morgan fingerprint density at radius 3 is 2.60 bits per heavy atom. The van der Waals surface area contributed by atoms with Gasteiger partial charge in [0.1, 0.15) is 16.4 Å². The molecule has 0 bridgehead atoms. The van der Waals surface area contributed by atoms with E-state index in [0.29, 0.717) is 15.0 Å². The first-order valence-electron chi connectivity index (χ1n) is 9.39. The molecule has 0 saturated heterocycles. The van der Waals surface area contributed by atoms with Crippen LogP contribution >= 0.6 is 23.4 Å². The smallest absolute Gasteiger partial charge is 0.344 e. The fourth-order valence-electron chi connectivity index (χ4n) is 3.12. The molecule has 6 heteroatoms. The van der Waals surface area contributed by atoms with Crippen molar-refractivity contribution < 1.29 is 14.6 Å². The molecule has 4 nitrogen and oxygen atoms in total. The van der Waals surface area contributed by atoms with E-state index in [2.05, 4.69) is 0 Å². The van der Waals surface area contributed by atoms with Crippen LogP contribution in [0.15, 0.2) is 88.0 Å². The highest BCUT2D eigenvalue weighted by atomic mass is 35.5. The second-order valence-electron chi connectivity index (χ2n) is 6.52. The van der Waals surface area contributed by atoms with Gasteiger partial charge >= 0.3 is 5.97 Å². The number of esters is 1. The van der Waals surface area contributed by atoms with Crippen LogP contribution in [0.25, 0.3) is 16.8 Å². The van der Waals surface area contributed by atoms with Gasteiger partial charge in [-0.05, 0) is 42.1 Å². The van der Waals surface area contributed by atoms with Crippen molar-refractivity contribution in [3.63, 3.8) is 0 Å². The third-order valence-corrected chi connectivity index (χ3v) is 5.80. The number of aliphatic imine (C=N–C) groups is 1. The maximum absolute atomic E-state index is 12.6. The third-order valence-electron chi connectivity index (χ3n) is 4.53. The van der Waals surface area contributed by atoms with Crippen molar-refractivity contribution in [2.45, 2.75) is 6.92 Å². The predicted molar refractivity (Wildman–Crippen MR) is 124 cm³/mol. The molecule has 1 N–H and O–H groups in total. The van der Waals surface area contributed by atoms with Gasteiger partial charge in [0.05, 0.1) is 17.2 Å². The number of thioether (sulfide) groups is 1. The van der Waals surface area contributed by atoms with Crippen LogP contribution in [0, 0.1) is 0 Å². The lowest BCUT2D eigenvalue weighted by atomic mass is 10.1. The number of halogens is 1. The van der Waals surface area contributed by atoms with Crippen molar-refractivity contribution in [1.82, 2.24) is 0 Å². The summed E-state index contributed by atoms with van der Waals surface area (Å²) < 4.78 is 5.17. The summed E-state index contributed by atoms with van der Waals surface area (Å²) in [6.07, 6.45) is 1.79. The minimum Gasteiger partial charge on any atom is -0.506 e. The van der Waals surface area contributed by atoms with Gasteiger partial charge in [-0.3, -0.25) is 0 Å². The van der Waals surface area contributed by atoms with E-state index in [1.54, 1.807) is 25.1 Å². The quantitative estimate of drug-likeness (QED) is 0.464. The largest absolute Gasteiger partial charge is 0.506 e. The number of aliphatic hydroxyl groups is 1. The summed E-state index contributed by atoms with van der Waals surface area (Å²) in [4.78, 5) is 17.8. The lowest BCUT2D eigenvalue weighted by Crippen LogP contribution is -2.12. The Kier molecular flexibility index (Phi) is 5.93. The van der Waals surface area contributed by atoms with Crippen molar-refractivity contribution in [3.8, 4) is 0 Å². The van der Waals surface area contributed by atoms with Crippen molar-refractivity contribution in [3.05, 3.63) is 93.6 Å². The van der Waals surface area contributed by atoms with Crippen molar-refractivity contribution >= 4 is 56.9 Å². The molecule has 0 atom stereocenters. The summed E-state index contributed by atoms with van der Waals surface area (Å²) in [7, 11) is 0. The van der Waals surface area contributed by atoms with Crippen molar-refractivity contribution in [2.24, 2.45) is 4.99 Å². The second kappa shape index (κ2) is 8.78. The van der Waals surface area contributed by atoms with E-state index >= 15 is 0 Å². The Hall–Kier alpha value is -3.02. The van der Waals surface area contributed by atoms with Gasteiger partial charge in [0.15, 0.2) is 0 Å². The number of fused-ring (bicyclic) bond motifs is 1. The molecule has 0 saturated carbocycles. The van der Waals surface area contributed by atoms with Gasteiger partial charge in [0.25, 0.3) is 0 Å². The highest BCUT2D eigenvalue weighted by molar-refractivity contribution is 8.18. The topological polar surface area (TPSA) is 58.9 Å². The molecule has 3 aromatic carbocycles. The zero-order valence-corrected chi connectivity index (χ0v) is 17.7. The monoisotopic (exact) mass is 435 g/mol. The van der Waals surface area contributed by atoms with Gasteiger partial charge in [0.2, 0.25) is 0 Å². The van der Waals surface area contributed by atoms with Gasteiger partial charge in [-0.2, -0.15) is 0 Å². The highest BCUT2D eigenvalue weighted by Gasteiger charge is 2.33. The first kappa shape index (κ1) is 20.3. The normalized spacial score (nSPS) is 16.6. The van der Waals surface area contributed by atoms with Crippen LogP contribution in [-0.4, -0.2) is 22.7 Å². The standard InChI is InChI=1S/C24H18ClNO3S/c1-2-29-24(28)21-22(27)20(14-15-10-12-17(25)13-11-15)30-23(21)26-19-9-5-7-16-6-3-4-8-18(16)19/h3-14,27H,2H2,1H3/b20-14-,26-23?. The van der Waals surface area contributed by atoms with Crippen LogP contribution in [-0.2, 0) is 9.53 Å². The average molecular weight is 436 g/mol. The zero-order valence-electron chi connectivity index (χ0n) is 16.1. The SMILES string of the molecule is CCOC(=O)C1=C(O)/C(=C/c2ccc(Cl)cc2)SC1=Nc1cccc2ccccc12. The minimum atomic E-state index is -0.596. The van der Waals surface area contributed by atoms with E-state index in [1.165, 1.54) is 11.8 Å². The number of hydrogen-bond acceptors (Lipinski definition) is 5. The lowest BCUT2D eigenvalue weighted by Gasteiger charge is -2.05. The second-order valence-corrected chi connectivity index (χ2v) is 7.99. The summed E-state index contributed by atoms with van der Waals surface area (Å²) in [5.41, 5.74) is 1.65. The number of carbonyl (C=O) groups excluding carboxylic acids is 1. The van der Waals surface area contributed by atoms with Crippen LogP contribution in [0.1, 0.15) is 12.5 Å². The molecule has 0 radical (unpaired) electrons. The molecule has 4 rings (SSSR count). The van der Waals surface area contributed by atoms with Crippen LogP contribution in [0.3, 0.4) is 0 Å². The molecule has 1 aliphatic heterocycles. The van der Waals surface area contributed by atoms with Crippen LogP contribution in [0.2, 0.25) is 5.02 Å². The molecule has 30 heavy (non-hydrogen) atoms. The van der Waals surface area contributed by atoms with E-state index in [1.807, 2.05) is 54.6 Å². The van der Waals surface area contributed by atoms with Gasteiger partial charge in [-0.1, -0.05) is 71.9 Å². The molecule has 0 aliphatic carbocycles. The van der Waals surface area contributed by atoms with E-state index in [9.17, 15) is 9.90 Å². The van der Waals surface area contributed by atoms with Gasteiger partial charge in [-0.15, -0.1) is 0 Å². The van der Waals surface area contributed by atoms with Crippen LogP contribution < -0.4 is 0 Å². The highest BCUT2D eigenvalue weighted by Crippen LogP contribution is 2.41. The number of nitrogens with zero attached hydrogens (tertiary/aromatic N) is 1. The number of carbonyl (C=O) groups is 1. The van der Waals surface area contributed by atoms with E-state index in [-0.39, 0.29) is 17.9 Å². The summed E-state index contributed by atoms with van der Waals surface area (Å²) in [5.74, 6) is -0.728. The first-order chi connectivity index (χ1) is 14.6. The van der Waals surface area contributed by atoms with Gasteiger partial charge in [-0.25, -0.2) is 9.79 Å². The summed E-state index contributed by atoms with van der Waals surface area (Å²) in [6.45, 7) is 1.93. The van der Waals surface area contributed by atoms with Gasteiger partial charge < -0.3 is 9.84 Å². The van der Waals surface area contributed by atoms with Gasteiger partial charge in [0, 0.05) is 10.4 Å². The Balaban J connectivity index is 1.81. The van der Waals surface area contributed by atoms with Crippen molar-refractivity contribution in [1.29, 1.82) is 0 Å². The fourth-order valence-corrected chi connectivity index (χ4v) is 4.27. The Morgan fingerprint density at radius 1 is 1.10 bits per heavy atom. The summed E-state index contributed by atoms with van der Waals surface area (Å²) >= 11 is 7.19. The summed E-state index contributed by atoms with van der Waals surface area (Å²) in [5, 5.41) is 13.8. The maximum atomic E-state index is 12.6. The number of aliphatic hydroxyl groups excluding tert-OH is 1. The maximum Gasteiger partial charge on any atom is 0.344 e. The zero-order chi connectivity index (χ0) is 21.1. The molecule has 0 amide bonds. The van der Waals surface area contributed by atoms with Crippen LogP contribution in [0.5, 0.6) is 0 Å². The third kappa shape index (κ3) is 4.13. The molecule has 1 aliphatic rings. The Morgan fingerprint density at radius 2 is 1.83 bits per heavy atom. The molecular weight excluding hydrogens is 418 g/mol. The number of hydrogen-bond donors (Lipinski definition) is 1. The summed E-state index contributed by atoms with van der Waals surface area (Å²) in [6, 6.07) is 20.9. The molecule has 0 fully saturated rings. The Bertz CT molecular complexity index is 1210. The number of rotatable bonds is 4. The first-order valence-corrected chi connectivity index (χ1v) is 10.6. The molecule has 3 aromatic rings. The van der Waals surface area contributed by atoms with Crippen molar-refractivity contribution in [2.75, 3.05) is 6.61 Å². The number of ether oxygens (including phenoxy) is 1. The minimum absolute atomic E-state index is 0.0787. The molecule has 0 aromatic heterocycles. The Labute approximate surface area is 183 Å².